The van der Waals surface area contributed by atoms with Gasteiger partial charge >= 0.3 is 11.9 Å². The zero-order chi connectivity index (χ0) is 27.7. The van der Waals surface area contributed by atoms with E-state index in [0.717, 1.165) is 5.56 Å². The molecule has 0 spiro atoms. The molecule has 1 amide bonds. The number of esters is 2. The normalized spacial score (nSPS) is 10.6. The van der Waals surface area contributed by atoms with Crippen LogP contribution in [0.4, 0.5) is 11.4 Å². The van der Waals surface area contributed by atoms with Crippen molar-refractivity contribution in [2.75, 3.05) is 5.32 Å². The van der Waals surface area contributed by atoms with Gasteiger partial charge in [0.25, 0.3) is 11.6 Å². The van der Waals surface area contributed by atoms with Gasteiger partial charge in [0.05, 0.1) is 4.92 Å². The lowest BCUT2D eigenvalue weighted by atomic mass is 10.1. The Balaban J connectivity index is 1.54. The molecule has 10 heteroatoms. The van der Waals surface area contributed by atoms with Gasteiger partial charge < -0.3 is 14.8 Å². The van der Waals surface area contributed by atoms with E-state index in [1.54, 1.807) is 36.4 Å². The number of carbonyl (C=O) groups excluding carboxylic acids is 4. The molecule has 0 unspecified atom stereocenters. The fraction of sp³-hybridized carbons (Fsp3) is 0.143. The molecular formula is C28H24N2O8. The van der Waals surface area contributed by atoms with Gasteiger partial charge in [0.15, 0.2) is 17.3 Å². The topological polar surface area (TPSA) is 142 Å². The van der Waals surface area contributed by atoms with Crippen LogP contribution in [0.2, 0.25) is 0 Å². The van der Waals surface area contributed by atoms with Crippen molar-refractivity contribution < 1.29 is 33.6 Å². The number of rotatable bonds is 10. The summed E-state index contributed by atoms with van der Waals surface area (Å²) in [5.41, 5.74) is 2.21. The molecule has 0 fully saturated rings. The van der Waals surface area contributed by atoms with Gasteiger partial charge in [-0.25, -0.2) is 0 Å². The highest BCUT2D eigenvalue weighted by molar-refractivity contribution is 6.04. The molecule has 0 saturated heterocycles. The molecule has 0 heterocycles. The predicted molar refractivity (Wildman–Crippen MR) is 139 cm³/mol. The Morgan fingerprint density at radius 2 is 1.50 bits per heavy atom. The van der Waals surface area contributed by atoms with Crippen molar-refractivity contribution >= 4 is 41.1 Å². The van der Waals surface area contributed by atoms with Crippen molar-refractivity contribution in [2.24, 2.45) is 0 Å². The number of allylic oxidation sites excluding steroid dienone is 1. The first-order valence-electron chi connectivity index (χ1n) is 11.5. The standard InChI is InChI=1S/C28H24N2O8/c1-18(31)37-26-16-7-21(17-27(26)38-19(2)32)6-15-25(33)14-5-20-3-10-23(11-4-20)29-28(34)22-8-12-24(13-9-22)30(35)36/h3-4,6-13,15-17H,5,14H2,1-2H3,(H,29,34)/b15-6+. The number of ketones is 1. The number of anilines is 1. The van der Waals surface area contributed by atoms with Crippen LogP contribution in [0.1, 0.15) is 41.8 Å². The fourth-order valence-electron chi connectivity index (χ4n) is 3.33. The van der Waals surface area contributed by atoms with E-state index in [1.165, 1.54) is 56.3 Å². The molecule has 3 rings (SSSR count). The number of amides is 1. The van der Waals surface area contributed by atoms with Crippen LogP contribution in [0, 0.1) is 10.1 Å². The quantitative estimate of drug-likeness (QED) is 0.132. The third kappa shape index (κ3) is 8.23. The first kappa shape index (κ1) is 27.5. The molecule has 0 atom stereocenters. The minimum atomic E-state index is -0.576. The van der Waals surface area contributed by atoms with E-state index in [2.05, 4.69) is 5.32 Å². The van der Waals surface area contributed by atoms with Crippen LogP contribution < -0.4 is 14.8 Å². The van der Waals surface area contributed by atoms with Crippen LogP contribution in [0.25, 0.3) is 6.08 Å². The van der Waals surface area contributed by atoms with Gasteiger partial charge in [0.2, 0.25) is 0 Å². The summed E-state index contributed by atoms with van der Waals surface area (Å²) in [6, 6.07) is 16.9. The average molecular weight is 517 g/mol. The number of carbonyl (C=O) groups is 4. The second-order valence-corrected chi connectivity index (χ2v) is 8.15. The van der Waals surface area contributed by atoms with Crippen molar-refractivity contribution in [3.8, 4) is 11.5 Å². The van der Waals surface area contributed by atoms with Crippen LogP contribution in [0.15, 0.2) is 72.8 Å². The summed E-state index contributed by atoms with van der Waals surface area (Å²) in [6.45, 7) is 2.46. The number of aryl methyl sites for hydroxylation is 1. The number of ether oxygens (including phenoxy) is 2. The van der Waals surface area contributed by atoms with Gasteiger partial charge in [-0.1, -0.05) is 24.3 Å². The van der Waals surface area contributed by atoms with Crippen LogP contribution in [-0.4, -0.2) is 28.6 Å². The number of non-ortho nitro benzene ring substituents is 1. The number of nitrogens with one attached hydrogen (secondary N) is 1. The first-order valence-corrected chi connectivity index (χ1v) is 11.5. The molecule has 0 saturated carbocycles. The van der Waals surface area contributed by atoms with Crippen molar-refractivity contribution in [3.63, 3.8) is 0 Å². The lowest BCUT2D eigenvalue weighted by Crippen LogP contribution is -2.11. The molecule has 1 N–H and O–H groups in total. The molecule has 3 aromatic carbocycles. The number of nitrogens with zero attached hydrogens (tertiary/aromatic N) is 1. The lowest BCUT2D eigenvalue weighted by molar-refractivity contribution is -0.384. The number of hydrogen-bond acceptors (Lipinski definition) is 8. The fourth-order valence-corrected chi connectivity index (χ4v) is 3.33. The summed E-state index contributed by atoms with van der Waals surface area (Å²) in [4.78, 5) is 57.5. The summed E-state index contributed by atoms with van der Waals surface area (Å²) in [6.07, 6.45) is 3.71. The Morgan fingerprint density at radius 1 is 0.868 bits per heavy atom. The Bertz CT molecular complexity index is 1390. The molecule has 10 nitrogen and oxygen atoms in total. The first-order chi connectivity index (χ1) is 18.1. The van der Waals surface area contributed by atoms with E-state index in [-0.39, 0.29) is 35.0 Å². The third-order valence-corrected chi connectivity index (χ3v) is 5.15. The Kier molecular flexibility index (Phi) is 9.20. The SMILES string of the molecule is CC(=O)Oc1ccc(/C=C/C(=O)CCc2ccc(NC(=O)c3ccc([N+](=O)[O-])cc3)cc2)cc1OC(C)=O. The number of hydrogen-bond donors (Lipinski definition) is 1. The molecular weight excluding hydrogens is 492 g/mol. The van der Waals surface area contributed by atoms with Gasteiger partial charge in [-0.2, -0.15) is 0 Å². The van der Waals surface area contributed by atoms with Crippen molar-refractivity contribution in [2.45, 2.75) is 26.7 Å². The van der Waals surface area contributed by atoms with Crippen molar-refractivity contribution in [3.05, 3.63) is 99.6 Å². The minimum absolute atomic E-state index is 0.0723. The highest BCUT2D eigenvalue weighted by Crippen LogP contribution is 2.29. The van der Waals surface area contributed by atoms with Gasteiger partial charge in [0, 0.05) is 43.7 Å². The molecule has 0 bridgehead atoms. The summed E-state index contributed by atoms with van der Waals surface area (Å²) in [5, 5.41) is 13.5. The largest absolute Gasteiger partial charge is 0.423 e. The summed E-state index contributed by atoms with van der Waals surface area (Å²) in [5.74, 6) is -1.49. The van der Waals surface area contributed by atoms with Gasteiger partial charge in [-0.3, -0.25) is 29.3 Å². The monoisotopic (exact) mass is 516 g/mol. The van der Waals surface area contributed by atoms with Crippen molar-refractivity contribution in [1.82, 2.24) is 0 Å². The second kappa shape index (κ2) is 12.7. The summed E-state index contributed by atoms with van der Waals surface area (Å²) >= 11 is 0. The molecule has 38 heavy (non-hydrogen) atoms. The Hall–Kier alpha value is -5.12. The highest BCUT2D eigenvalue weighted by Gasteiger charge is 2.12. The molecule has 0 aliphatic rings. The van der Waals surface area contributed by atoms with Crippen LogP contribution >= 0.6 is 0 Å². The van der Waals surface area contributed by atoms with Crippen LogP contribution in [-0.2, 0) is 20.8 Å². The lowest BCUT2D eigenvalue weighted by Gasteiger charge is -2.09. The zero-order valence-electron chi connectivity index (χ0n) is 20.6. The van der Waals surface area contributed by atoms with Crippen LogP contribution in [0.3, 0.4) is 0 Å². The van der Waals surface area contributed by atoms with Crippen molar-refractivity contribution in [1.29, 1.82) is 0 Å². The molecule has 3 aromatic rings. The smallest absolute Gasteiger partial charge is 0.308 e. The predicted octanol–water partition coefficient (Wildman–Crippen LogP) is 4.91. The van der Waals surface area contributed by atoms with Gasteiger partial charge in [-0.05, 0) is 60.0 Å². The van der Waals surface area contributed by atoms with E-state index in [0.29, 0.717) is 17.7 Å². The van der Waals surface area contributed by atoms with Crippen LogP contribution in [0.5, 0.6) is 11.5 Å². The zero-order valence-corrected chi connectivity index (χ0v) is 20.6. The molecule has 194 valence electrons. The average Bonchev–Trinajstić information content (AvgIpc) is 2.87. The molecule has 0 aliphatic carbocycles. The molecule has 0 aromatic heterocycles. The highest BCUT2D eigenvalue weighted by atomic mass is 16.6. The molecule has 0 aliphatic heterocycles. The minimum Gasteiger partial charge on any atom is -0.423 e. The number of nitro benzene ring substituents is 1. The third-order valence-electron chi connectivity index (χ3n) is 5.15. The van der Waals surface area contributed by atoms with E-state index in [1.807, 2.05) is 0 Å². The van der Waals surface area contributed by atoms with E-state index in [4.69, 9.17) is 9.47 Å². The summed E-state index contributed by atoms with van der Waals surface area (Å²) < 4.78 is 10.1. The Morgan fingerprint density at radius 3 is 2.11 bits per heavy atom. The molecule has 0 radical (unpaired) electrons. The van der Waals surface area contributed by atoms with E-state index < -0.39 is 22.8 Å². The Labute approximate surface area is 218 Å². The maximum absolute atomic E-state index is 12.4. The summed E-state index contributed by atoms with van der Waals surface area (Å²) in [7, 11) is 0. The number of benzene rings is 3. The number of nitro groups is 1. The maximum atomic E-state index is 12.4. The van der Waals surface area contributed by atoms with Gasteiger partial charge in [0.1, 0.15) is 0 Å². The van der Waals surface area contributed by atoms with E-state index >= 15 is 0 Å². The van der Waals surface area contributed by atoms with Gasteiger partial charge in [-0.15, -0.1) is 0 Å². The second-order valence-electron chi connectivity index (χ2n) is 8.15. The van der Waals surface area contributed by atoms with E-state index in [9.17, 15) is 29.3 Å². The maximum Gasteiger partial charge on any atom is 0.308 e.